The van der Waals surface area contributed by atoms with Crippen LogP contribution in [-0.2, 0) is 4.79 Å². The molecule has 4 nitrogen and oxygen atoms in total. The van der Waals surface area contributed by atoms with Crippen LogP contribution in [0.2, 0.25) is 0 Å². The Morgan fingerprint density at radius 3 is 2.54 bits per heavy atom. The molecule has 0 aliphatic heterocycles. The second-order valence-corrected chi connectivity index (χ2v) is 5.80. The molecule has 1 N–H and O–H groups in total. The zero-order chi connectivity index (χ0) is 17.9. The van der Waals surface area contributed by atoms with Crippen LogP contribution in [0.25, 0.3) is 0 Å². The molecule has 1 rings (SSSR count). The van der Waals surface area contributed by atoms with E-state index in [1.807, 2.05) is 37.3 Å². The minimum atomic E-state index is -0.541. The molecule has 0 radical (unpaired) electrons. The third kappa shape index (κ3) is 6.20. The van der Waals surface area contributed by atoms with Crippen molar-refractivity contribution in [1.29, 1.82) is 0 Å². The Hall–Kier alpha value is -2.07. The number of amides is 1. The molecule has 0 saturated carbocycles. The average molecular weight is 331 g/mol. The van der Waals surface area contributed by atoms with Crippen molar-refractivity contribution in [3.05, 3.63) is 49.1 Å². The lowest BCUT2D eigenvalue weighted by atomic mass is 9.93. The van der Waals surface area contributed by atoms with E-state index in [1.165, 1.54) is 0 Å². The van der Waals surface area contributed by atoms with Gasteiger partial charge in [0.15, 0.2) is 0 Å². The van der Waals surface area contributed by atoms with Crippen LogP contribution >= 0.6 is 0 Å². The van der Waals surface area contributed by atoms with Crippen LogP contribution in [0, 0.1) is 5.92 Å². The van der Waals surface area contributed by atoms with Gasteiger partial charge in [-0.05, 0) is 50.5 Å². The molecule has 132 valence electrons. The maximum absolute atomic E-state index is 12.3. The van der Waals surface area contributed by atoms with Crippen LogP contribution < -0.4 is 9.64 Å². The van der Waals surface area contributed by atoms with Crippen molar-refractivity contribution in [3.8, 4) is 5.75 Å². The minimum absolute atomic E-state index is 0.0142. The van der Waals surface area contributed by atoms with E-state index in [0.717, 1.165) is 24.3 Å². The fraction of sp³-hybridized carbons (Fsp3) is 0.450. The SMILES string of the molecule is C=C[C@H](CC/C=C/C)[C@H](O)CCC(=O)N(C)c1ccc(OC)cc1. The second-order valence-electron chi connectivity index (χ2n) is 5.80. The van der Waals surface area contributed by atoms with Crippen LogP contribution in [0.5, 0.6) is 5.75 Å². The Balaban J connectivity index is 2.51. The predicted octanol–water partition coefficient (Wildman–Crippen LogP) is 3.96. The number of aliphatic hydroxyl groups excluding tert-OH is 1. The van der Waals surface area contributed by atoms with Gasteiger partial charge < -0.3 is 14.7 Å². The number of anilines is 1. The fourth-order valence-electron chi connectivity index (χ4n) is 2.53. The smallest absolute Gasteiger partial charge is 0.226 e. The average Bonchev–Trinajstić information content (AvgIpc) is 2.62. The normalized spacial score (nSPS) is 13.5. The lowest BCUT2D eigenvalue weighted by Gasteiger charge is -2.21. The van der Waals surface area contributed by atoms with Gasteiger partial charge in [-0.25, -0.2) is 0 Å². The number of methoxy groups -OCH3 is 1. The molecule has 0 spiro atoms. The third-order valence-electron chi connectivity index (χ3n) is 4.19. The molecular formula is C20H29NO3. The van der Waals surface area contributed by atoms with Crippen molar-refractivity contribution in [2.45, 2.75) is 38.7 Å². The molecule has 24 heavy (non-hydrogen) atoms. The van der Waals surface area contributed by atoms with Gasteiger partial charge in [-0.15, -0.1) is 6.58 Å². The molecule has 1 amide bonds. The summed E-state index contributed by atoms with van der Waals surface area (Å²) in [7, 11) is 3.35. The Morgan fingerprint density at radius 2 is 2.00 bits per heavy atom. The summed E-state index contributed by atoms with van der Waals surface area (Å²) < 4.78 is 5.12. The molecule has 2 atom stereocenters. The number of nitrogens with zero attached hydrogens (tertiary/aromatic N) is 1. The largest absolute Gasteiger partial charge is 0.497 e. The zero-order valence-electron chi connectivity index (χ0n) is 14.9. The van der Waals surface area contributed by atoms with Crippen molar-refractivity contribution in [2.75, 3.05) is 19.1 Å². The highest BCUT2D eigenvalue weighted by molar-refractivity contribution is 5.92. The van der Waals surface area contributed by atoms with Crippen molar-refractivity contribution in [1.82, 2.24) is 0 Å². The predicted molar refractivity (Wildman–Crippen MR) is 99.4 cm³/mol. The summed E-state index contributed by atoms with van der Waals surface area (Å²) in [6.45, 7) is 5.77. The van der Waals surface area contributed by atoms with Crippen molar-refractivity contribution >= 4 is 11.6 Å². The van der Waals surface area contributed by atoms with Gasteiger partial charge in [0.05, 0.1) is 13.2 Å². The quantitative estimate of drug-likeness (QED) is 0.660. The van der Waals surface area contributed by atoms with E-state index in [-0.39, 0.29) is 11.8 Å². The van der Waals surface area contributed by atoms with Gasteiger partial charge in [0.25, 0.3) is 0 Å². The Morgan fingerprint density at radius 1 is 1.33 bits per heavy atom. The molecule has 0 heterocycles. The van der Waals surface area contributed by atoms with E-state index in [2.05, 4.69) is 12.7 Å². The number of hydrogen-bond acceptors (Lipinski definition) is 3. The molecule has 4 heteroatoms. The molecular weight excluding hydrogens is 302 g/mol. The Kier molecular flexibility index (Phi) is 8.87. The molecule has 1 aromatic carbocycles. The lowest BCUT2D eigenvalue weighted by molar-refractivity contribution is -0.119. The van der Waals surface area contributed by atoms with Gasteiger partial charge in [0.1, 0.15) is 5.75 Å². The standard InChI is InChI=1S/C20H29NO3/c1-5-7-8-9-16(6-2)19(22)14-15-20(23)21(3)17-10-12-18(24-4)13-11-17/h5-7,10-13,16,19,22H,2,8-9,14-15H2,1,3-4H3/b7-5+/t16-,19-/m1/s1. The topological polar surface area (TPSA) is 49.8 Å². The number of aliphatic hydroxyl groups is 1. The summed E-state index contributed by atoms with van der Waals surface area (Å²) in [6.07, 6.45) is 7.81. The number of ether oxygens (including phenoxy) is 1. The summed E-state index contributed by atoms with van der Waals surface area (Å²) in [6, 6.07) is 7.33. The summed E-state index contributed by atoms with van der Waals surface area (Å²) >= 11 is 0. The minimum Gasteiger partial charge on any atom is -0.497 e. The first-order chi connectivity index (χ1) is 11.5. The summed E-state index contributed by atoms with van der Waals surface area (Å²) in [4.78, 5) is 13.9. The van der Waals surface area contributed by atoms with Gasteiger partial charge in [0.2, 0.25) is 5.91 Å². The second kappa shape index (κ2) is 10.7. The van der Waals surface area contributed by atoms with E-state index in [0.29, 0.717) is 12.8 Å². The summed E-state index contributed by atoms with van der Waals surface area (Å²) in [5.41, 5.74) is 0.809. The van der Waals surface area contributed by atoms with Gasteiger partial charge >= 0.3 is 0 Å². The van der Waals surface area contributed by atoms with Gasteiger partial charge in [-0.2, -0.15) is 0 Å². The lowest BCUT2D eigenvalue weighted by Crippen LogP contribution is -2.28. The Labute approximate surface area is 145 Å². The fourth-order valence-corrected chi connectivity index (χ4v) is 2.53. The first kappa shape index (κ1) is 20.0. The number of benzene rings is 1. The highest BCUT2D eigenvalue weighted by atomic mass is 16.5. The number of rotatable bonds is 10. The monoisotopic (exact) mass is 331 g/mol. The van der Waals surface area contributed by atoms with E-state index in [9.17, 15) is 9.90 Å². The first-order valence-electron chi connectivity index (χ1n) is 8.35. The van der Waals surface area contributed by atoms with Gasteiger partial charge in [-0.1, -0.05) is 18.2 Å². The van der Waals surface area contributed by atoms with E-state index < -0.39 is 6.10 Å². The molecule has 0 aromatic heterocycles. The molecule has 0 unspecified atom stereocenters. The van der Waals surface area contributed by atoms with Crippen LogP contribution in [0.4, 0.5) is 5.69 Å². The molecule has 0 saturated heterocycles. The summed E-state index contributed by atoms with van der Waals surface area (Å²) in [5, 5.41) is 10.3. The van der Waals surface area contributed by atoms with Crippen molar-refractivity contribution < 1.29 is 14.6 Å². The number of hydrogen-bond donors (Lipinski definition) is 1. The molecule has 1 aromatic rings. The van der Waals surface area contributed by atoms with E-state index >= 15 is 0 Å². The van der Waals surface area contributed by atoms with Crippen molar-refractivity contribution in [2.24, 2.45) is 5.92 Å². The molecule has 0 aliphatic carbocycles. The maximum Gasteiger partial charge on any atom is 0.226 e. The highest BCUT2D eigenvalue weighted by Gasteiger charge is 2.18. The van der Waals surface area contributed by atoms with Gasteiger partial charge in [-0.3, -0.25) is 4.79 Å². The first-order valence-corrected chi connectivity index (χ1v) is 8.35. The van der Waals surface area contributed by atoms with Crippen LogP contribution in [-0.4, -0.2) is 31.3 Å². The summed E-state index contributed by atoms with van der Waals surface area (Å²) in [5.74, 6) is 0.751. The molecule has 0 bridgehead atoms. The number of carbonyl (C=O) groups is 1. The number of allylic oxidation sites excluding steroid dienone is 2. The Bertz CT molecular complexity index is 536. The van der Waals surface area contributed by atoms with E-state index in [4.69, 9.17) is 4.74 Å². The third-order valence-corrected chi connectivity index (χ3v) is 4.19. The maximum atomic E-state index is 12.3. The van der Waals surface area contributed by atoms with Crippen molar-refractivity contribution in [3.63, 3.8) is 0 Å². The molecule has 0 aliphatic rings. The highest BCUT2D eigenvalue weighted by Crippen LogP contribution is 2.21. The van der Waals surface area contributed by atoms with Crippen LogP contribution in [0.1, 0.15) is 32.6 Å². The number of carbonyl (C=O) groups excluding carboxylic acids is 1. The van der Waals surface area contributed by atoms with Gasteiger partial charge in [0, 0.05) is 25.1 Å². The zero-order valence-corrected chi connectivity index (χ0v) is 14.9. The van der Waals surface area contributed by atoms with Crippen LogP contribution in [0.15, 0.2) is 49.1 Å². The molecule has 0 fully saturated rings. The van der Waals surface area contributed by atoms with E-state index in [1.54, 1.807) is 25.1 Å². The van der Waals surface area contributed by atoms with Crippen LogP contribution in [0.3, 0.4) is 0 Å².